The van der Waals surface area contributed by atoms with Crippen molar-refractivity contribution in [2.75, 3.05) is 31.1 Å². The number of tetrazole rings is 1. The fraction of sp³-hybridized carbons (Fsp3) is 0.269. The van der Waals surface area contributed by atoms with E-state index in [0.717, 1.165) is 22.5 Å². The van der Waals surface area contributed by atoms with Crippen molar-refractivity contribution in [1.82, 2.24) is 30.1 Å². The molecule has 2 aromatic carbocycles. The number of piperazine rings is 1. The number of aromatic nitrogens is 5. The number of carbonyl (C=O) groups is 1. The summed E-state index contributed by atoms with van der Waals surface area (Å²) in [6, 6.07) is 23.5. The third-order valence-electron chi connectivity index (χ3n) is 5.84. The molecule has 10 heteroatoms. The first-order chi connectivity index (χ1) is 17.7. The Balaban J connectivity index is 1.09. The van der Waals surface area contributed by atoms with Gasteiger partial charge >= 0.3 is 6.09 Å². The lowest BCUT2D eigenvalue weighted by molar-refractivity contribution is 0.0459. The van der Waals surface area contributed by atoms with Crippen molar-refractivity contribution in [3.8, 4) is 11.4 Å². The van der Waals surface area contributed by atoms with Gasteiger partial charge in [-0.1, -0.05) is 60.7 Å². The number of rotatable bonds is 8. The topological polar surface area (TPSA) is 98.5 Å². The Bertz CT molecular complexity index is 1240. The van der Waals surface area contributed by atoms with Crippen LogP contribution in [0.1, 0.15) is 11.1 Å². The van der Waals surface area contributed by atoms with Gasteiger partial charge in [0, 0.05) is 37.9 Å². The minimum Gasteiger partial charge on any atom is -0.445 e. The van der Waals surface area contributed by atoms with Crippen LogP contribution < -0.4 is 4.90 Å². The molecule has 1 saturated heterocycles. The molecule has 1 aliphatic heterocycles. The minimum atomic E-state index is -0.288. The van der Waals surface area contributed by atoms with Crippen LogP contribution in [-0.2, 0) is 29.4 Å². The van der Waals surface area contributed by atoms with Crippen molar-refractivity contribution in [2.45, 2.75) is 19.9 Å². The third-order valence-corrected chi connectivity index (χ3v) is 5.84. The van der Waals surface area contributed by atoms with Crippen LogP contribution in [-0.4, -0.2) is 62.4 Å². The highest BCUT2D eigenvalue weighted by molar-refractivity contribution is 5.68. The van der Waals surface area contributed by atoms with Crippen molar-refractivity contribution in [1.29, 1.82) is 0 Å². The minimum absolute atomic E-state index is 0.214. The molecule has 1 fully saturated rings. The number of hydrogen-bond donors (Lipinski definition) is 0. The van der Waals surface area contributed by atoms with E-state index in [1.807, 2.05) is 72.8 Å². The molecule has 10 nitrogen and oxygen atoms in total. The van der Waals surface area contributed by atoms with Gasteiger partial charge in [-0.05, 0) is 28.5 Å². The normalized spacial score (nSPS) is 13.6. The SMILES string of the molecule is O=C(OCc1ccccc1)N1CCN(c2ccc(-c3nnn(COCc4ccccc4)n3)cn2)CC1. The Kier molecular flexibility index (Phi) is 7.43. The number of pyridine rings is 1. The first-order valence-electron chi connectivity index (χ1n) is 11.8. The zero-order chi connectivity index (χ0) is 24.6. The summed E-state index contributed by atoms with van der Waals surface area (Å²) in [6.45, 7) is 3.49. The molecule has 0 spiro atoms. The van der Waals surface area contributed by atoms with Crippen LogP contribution in [0.5, 0.6) is 0 Å². The molecular weight excluding hydrogens is 458 g/mol. The molecule has 5 rings (SSSR count). The summed E-state index contributed by atoms with van der Waals surface area (Å²) in [4.78, 5) is 22.3. The van der Waals surface area contributed by atoms with Crippen LogP contribution in [0.2, 0.25) is 0 Å². The Morgan fingerprint density at radius 2 is 1.53 bits per heavy atom. The van der Waals surface area contributed by atoms with E-state index >= 15 is 0 Å². The number of hydrogen-bond acceptors (Lipinski definition) is 8. The van der Waals surface area contributed by atoms with Gasteiger partial charge in [0.15, 0.2) is 6.73 Å². The Morgan fingerprint density at radius 3 is 2.19 bits per heavy atom. The highest BCUT2D eigenvalue weighted by Gasteiger charge is 2.23. The molecule has 0 bridgehead atoms. The second kappa shape index (κ2) is 11.4. The molecule has 0 N–H and O–H groups in total. The molecule has 0 atom stereocenters. The lowest BCUT2D eigenvalue weighted by Crippen LogP contribution is -2.49. The standard InChI is InChI=1S/C26H27N7O3/c34-26(36-19-22-9-5-2-6-10-22)32-15-13-31(14-16-32)24-12-11-23(17-27-24)25-28-30-33(29-25)20-35-18-21-7-3-1-4-8-21/h1-12,17H,13-16,18-20H2. The molecule has 0 aliphatic carbocycles. The summed E-state index contributed by atoms with van der Waals surface area (Å²) in [6.07, 6.45) is 1.45. The third kappa shape index (κ3) is 6.02. The summed E-state index contributed by atoms with van der Waals surface area (Å²) in [5.74, 6) is 1.33. The van der Waals surface area contributed by atoms with E-state index in [1.165, 1.54) is 4.80 Å². The summed E-state index contributed by atoms with van der Waals surface area (Å²) in [5, 5.41) is 12.6. The van der Waals surface area contributed by atoms with Crippen LogP contribution in [0, 0.1) is 0 Å². The highest BCUT2D eigenvalue weighted by Crippen LogP contribution is 2.19. The Hall–Kier alpha value is -4.31. The lowest BCUT2D eigenvalue weighted by atomic mass is 10.2. The van der Waals surface area contributed by atoms with Crippen molar-refractivity contribution in [2.24, 2.45) is 0 Å². The molecule has 3 heterocycles. The van der Waals surface area contributed by atoms with Crippen molar-refractivity contribution in [3.05, 3.63) is 90.1 Å². The Morgan fingerprint density at radius 1 is 0.833 bits per heavy atom. The zero-order valence-corrected chi connectivity index (χ0v) is 19.8. The first kappa shape index (κ1) is 23.4. The molecule has 36 heavy (non-hydrogen) atoms. The van der Waals surface area contributed by atoms with Gasteiger partial charge in [0.05, 0.1) is 6.61 Å². The van der Waals surface area contributed by atoms with Gasteiger partial charge in [0.1, 0.15) is 12.4 Å². The second-order valence-corrected chi connectivity index (χ2v) is 8.37. The van der Waals surface area contributed by atoms with Gasteiger partial charge in [-0.25, -0.2) is 9.78 Å². The number of carbonyl (C=O) groups excluding carboxylic acids is 1. The first-order valence-corrected chi connectivity index (χ1v) is 11.8. The van der Waals surface area contributed by atoms with Crippen molar-refractivity contribution in [3.63, 3.8) is 0 Å². The van der Waals surface area contributed by atoms with E-state index in [9.17, 15) is 4.79 Å². The molecule has 1 aliphatic rings. The van der Waals surface area contributed by atoms with Gasteiger partial charge in [-0.15, -0.1) is 15.0 Å². The molecule has 1 amide bonds. The largest absolute Gasteiger partial charge is 0.445 e. The second-order valence-electron chi connectivity index (χ2n) is 8.37. The monoisotopic (exact) mass is 485 g/mol. The predicted molar refractivity (Wildman–Crippen MR) is 133 cm³/mol. The zero-order valence-electron chi connectivity index (χ0n) is 19.8. The maximum atomic E-state index is 12.4. The molecule has 0 saturated carbocycles. The van der Waals surface area contributed by atoms with E-state index in [0.29, 0.717) is 38.6 Å². The van der Waals surface area contributed by atoms with Crippen LogP contribution in [0.15, 0.2) is 79.0 Å². The van der Waals surface area contributed by atoms with Crippen LogP contribution in [0.3, 0.4) is 0 Å². The molecule has 0 unspecified atom stereocenters. The fourth-order valence-corrected chi connectivity index (χ4v) is 3.87. The average Bonchev–Trinajstić information content (AvgIpc) is 3.42. The van der Waals surface area contributed by atoms with Crippen LogP contribution >= 0.6 is 0 Å². The maximum Gasteiger partial charge on any atom is 0.410 e. The van der Waals surface area contributed by atoms with Crippen molar-refractivity contribution < 1.29 is 14.3 Å². The van der Waals surface area contributed by atoms with E-state index in [-0.39, 0.29) is 19.4 Å². The summed E-state index contributed by atoms with van der Waals surface area (Å²) in [7, 11) is 0. The number of ether oxygens (including phenoxy) is 2. The quantitative estimate of drug-likeness (QED) is 0.375. The van der Waals surface area contributed by atoms with E-state index in [1.54, 1.807) is 11.1 Å². The summed E-state index contributed by atoms with van der Waals surface area (Å²) >= 11 is 0. The summed E-state index contributed by atoms with van der Waals surface area (Å²) in [5.41, 5.74) is 2.83. The predicted octanol–water partition coefficient (Wildman–Crippen LogP) is 3.37. The maximum absolute atomic E-state index is 12.4. The lowest BCUT2D eigenvalue weighted by Gasteiger charge is -2.34. The Labute approximate surface area is 209 Å². The van der Waals surface area contributed by atoms with Crippen LogP contribution in [0.25, 0.3) is 11.4 Å². The van der Waals surface area contributed by atoms with Crippen molar-refractivity contribution >= 4 is 11.9 Å². The molecule has 0 radical (unpaired) electrons. The smallest absolute Gasteiger partial charge is 0.410 e. The average molecular weight is 486 g/mol. The van der Waals surface area contributed by atoms with Crippen LogP contribution in [0.4, 0.5) is 10.6 Å². The molecule has 4 aromatic rings. The number of nitrogens with zero attached hydrogens (tertiary/aromatic N) is 7. The highest BCUT2D eigenvalue weighted by atomic mass is 16.6. The molecule has 2 aromatic heterocycles. The van der Waals surface area contributed by atoms with Gasteiger partial charge < -0.3 is 19.3 Å². The van der Waals surface area contributed by atoms with E-state index in [4.69, 9.17) is 9.47 Å². The van der Waals surface area contributed by atoms with E-state index < -0.39 is 0 Å². The fourth-order valence-electron chi connectivity index (χ4n) is 3.87. The van der Waals surface area contributed by atoms with Gasteiger partial charge in [0.2, 0.25) is 5.82 Å². The summed E-state index contributed by atoms with van der Waals surface area (Å²) < 4.78 is 11.1. The molecule has 184 valence electrons. The number of anilines is 1. The number of amides is 1. The van der Waals surface area contributed by atoms with Gasteiger partial charge in [-0.3, -0.25) is 0 Å². The number of benzene rings is 2. The van der Waals surface area contributed by atoms with Gasteiger partial charge in [-0.2, -0.15) is 0 Å². The van der Waals surface area contributed by atoms with E-state index in [2.05, 4.69) is 25.3 Å². The van der Waals surface area contributed by atoms with Gasteiger partial charge in [0.25, 0.3) is 0 Å². The molecular formula is C26H27N7O3.